The van der Waals surface area contributed by atoms with Gasteiger partial charge in [-0.1, -0.05) is 5.16 Å². The fourth-order valence-electron chi connectivity index (χ4n) is 0.740. The predicted octanol–water partition coefficient (Wildman–Crippen LogP) is -0.633. The fourth-order valence-corrected chi connectivity index (χ4v) is 0.740. The van der Waals surface area contributed by atoms with Crippen molar-refractivity contribution in [2.24, 2.45) is 0 Å². The standard InChI is InChI=1S/C7H11N3O3/c1-4(3-11)9-7(12)5-2-6(8)13-10-5/h2,4,11H,3,8H2,1H3,(H,9,12). The molecule has 13 heavy (non-hydrogen) atoms. The van der Waals surface area contributed by atoms with E-state index in [1.54, 1.807) is 6.92 Å². The van der Waals surface area contributed by atoms with Gasteiger partial charge in [-0.05, 0) is 6.92 Å². The Morgan fingerprint density at radius 3 is 3.08 bits per heavy atom. The molecule has 0 aliphatic heterocycles. The van der Waals surface area contributed by atoms with E-state index in [-0.39, 0.29) is 24.2 Å². The van der Waals surface area contributed by atoms with Crippen molar-refractivity contribution in [2.45, 2.75) is 13.0 Å². The van der Waals surface area contributed by atoms with Crippen LogP contribution in [0.4, 0.5) is 5.88 Å². The lowest BCUT2D eigenvalue weighted by atomic mass is 10.3. The summed E-state index contributed by atoms with van der Waals surface area (Å²) in [6, 6.07) is 1.00. The number of hydrogen-bond acceptors (Lipinski definition) is 5. The van der Waals surface area contributed by atoms with E-state index in [0.717, 1.165) is 0 Å². The highest BCUT2D eigenvalue weighted by Gasteiger charge is 2.12. The lowest BCUT2D eigenvalue weighted by Crippen LogP contribution is -2.35. The van der Waals surface area contributed by atoms with Gasteiger partial charge < -0.3 is 20.7 Å². The zero-order valence-corrected chi connectivity index (χ0v) is 7.15. The molecule has 6 nitrogen and oxygen atoms in total. The molecule has 72 valence electrons. The Morgan fingerprint density at radius 2 is 2.62 bits per heavy atom. The Kier molecular flexibility index (Phi) is 2.86. The number of aliphatic hydroxyl groups excluding tert-OH is 1. The van der Waals surface area contributed by atoms with Crippen molar-refractivity contribution in [1.29, 1.82) is 0 Å². The zero-order chi connectivity index (χ0) is 9.84. The molecule has 0 saturated carbocycles. The number of nitrogens with two attached hydrogens (primary N) is 1. The van der Waals surface area contributed by atoms with Crippen LogP contribution in [-0.4, -0.2) is 28.8 Å². The maximum atomic E-state index is 11.2. The number of nitrogens with zero attached hydrogens (tertiary/aromatic N) is 1. The second kappa shape index (κ2) is 3.90. The maximum absolute atomic E-state index is 11.2. The summed E-state index contributed by atoms with van der Waals surface area (Å²) in [5.41, 5.74) is 5.33. The minimum atomic E-state index is -0.415. The van der Waals surface area contributed by atoms with Crippen LogP contribution < -0.4 is 11.1 Å². The van der Waals surface area contributed by atoms with Gasteiger partial charge >= 0.3 is 0 Å². The molecular formula is C7H11N3O3. The van der Waals surface area contributed by atoms with Gasteiger partial charge in [-0.25, -0.2) is 0 Å². The molecule has 1 unspecified atom stereocenters. The molecule has 1 heterocycles. The number of nitrogens with one attached hydrogen (secondary N) is 1. The molecule has 0 aliphatic rings. The molecule has 4 N–H and O–H groups in total. The summed E-state index contributed by atoms with van der Waals surface area (Å²) in [7, 11) is 0. The Labute approximate surface area is 74.7 Å². The molecule has 0 radical (unpaired) electrons. The Bertz CT molecular complexity index is 297. The highest BCUT2D eigenvalue weighted by atomic mass is 16.5. The second-order valence-corrected chi connectivity index (χ2v) is 2.67. The van der Waals surface area contributed by atoms with Gasteiger partial charge in [0.05, 0.1) is 6.61 Å². The van der Waals surface area contributed by atoms with E-state index in [9.17, 15) is 4.79 Å². The van der Waals surface area contributed by atoms with Crippen molar-refractivity contribution in [1.82, 2.24) is 10.5 Å². The molecular weight excluding hydrogens is 174 g/mol. The number of rotatable bonds is 3. The molecule has 0 saturated heterocycles. The second-order valence-electron chi connectivity index (χ2n) is 2.67. The van der Waals surface area contributed by atoms with Crippen molar-refractivity contribution >= 4 is 11.8 Å². The summed E-state index contributed by atoms with van der Waals surface area (Å²) in [6.07, 6.45) is 0. The Hall–Kier alpha value is -1.56. The lowest BCUT2D eigenvalue weighted by molar-refractivity contribution is 0.0913. The Morgan fingerprint density at radius 1 is 1.92 bits per heavy atom. The third kappa shape index (κ3) is 2.45. The smallest absolute Gasteiger partial charge is 0.273 e. The van der Waals surface area contributed by atoms with Crippen LogP contribution in [0.5, 0.6) is 0 Å². The van der Waals surface area contributed by atoms with E-state index in [0.29, 0.717) is 0 Å². The highest BCUT2D eigenvalue weighted by Crippen LogP contribution is 2.04. The minimum absolute atomic E-state index is 0.0850. The molecule has 1 rings (SSSR count). The molecule has 0 aromatic carbocycles. The van der Waals surface area contributed by atoms with Crippen LogP contribution in [0, 0.1) is 0 Å². The quantitative estimate of drug-likeness (QED) is 0.581. The van der Waals surface area contributed by atoms with Gasteiger partial charge in [-0.2, -0.15) is 0 Å². The van der Waals surface area contributed by atoms with Gasteiger partial charge in [0, 0.05) is 12.1 Å². The molecule has 1 atom stereocenters. The van der Waals surface area contributed by atoms with Crippen molar-refractivity contribution in [2.75, 3.05) is 12.3 Å². The van der Waals surface area contributed by atoms with Crippen LogP contribution in [0.1, 0.15) is 17.4 Å². The summed E-state index contributed by atoms with van der Waals surface area (Å²) < 4.78 is 4.51. The van der Waals surface area contributed by atoms with E-state index in [1.807, 2.05) is 0 Å². The summed E-state index contributed by atoms with van der Waals surface area (Å²) in [4.78, 5) is 11.2. The number of carbonyl (C=O) groups is 1. The van der Waals surface area contributed by atoms with Gasteiger partial charge in [0.2, 0.25) is 5.88 Å². The molecule has 0 spiro atoms. The normalized spacial score (nSPS) is 12.5. The number of amides is 1. The van der Waals surface area contributed by atoms with Crippen molar-refractivity contribution in [3.8, 4) is 0 Å². The van der Waals surface area contributed by atoms with Crippen LogP contribution in [0.3, 0.4) is 0 Å². The van der Waals surface area contributed by atoms with E-state index >= 15 is 0 Å². The molecule has 6 heteroatoms. The first-order chi connectivity index (χ1) is 6.13. The first kappa shape index (κ1) is 9.53. The van der Waals surface area contributed by atoms with Crippen LogP contribution in [0.15, 0.2) is 10.6 Å². The van der Waals surface area contributed by atoms with E-state index in [2.05, 4.69) is 15.0 Å². The monoisotopic (exact) mass is 185 g/mol. The van der Waals surface area contributed by atoms with Gasteiger partial charge in [0.25, 0.3) is 5.91 Å². The fraction of sp³-hybridized carbons (Fsp3) is 0.429. The molecule has 1 aromatic rings. The number of anilines is 1. The average molecular weight is 185 g/mol. The van der Waals surface area contributed by atoms with Crippen LogP contribution >= 0.6 is 0 Å². The number of nitrogen functional groups attached to an aromatic ring is 1. The van der Waals surface area contributed by atoms with Crippen LogP contribution in [0.2, 0.25) is 0 Å². The summed E-state index contributed by atoms with van der Waals surface area (Å²) in [6.45, 7) is 1.54. The van der Waals surface area contributed by atoms with Crippen molar-refractivity contribution in [3.05, 3.63) is 11.8 Å². The van der Waals surface area contributed by atoms with Gasteiger partial charge in [0.1, 0.15) is 0 Å². The Balaban J connectivity index is 2.58. The van der Waals surface area contributed by atoms with E-state index < -0.39 is 5.91 Å². The number of carbonyl (C=O) groups excluding carboxylic acids is 1. The molecule has 0 bridgehead atoms. The molecule has 1 amide bonds. The third-order valence-electron chi connectivity index (χ3n) is 1.41. The van der Waals surface area contributed by atoms with Crippen molar-refractivity contribution < 1.29 is 14.4 Å². The summed E-state index contributed by atoms with van der Waals surface area (Å²) >= 11 is 0. The molecule has 0 aliphatic carbocycles. The third-order valence-corrected chi connectivity index (χ3v) is 1.41. The summed E-state index contributed by atoms with van der Waals surface area (Å²) in [5, 5.41) is 14.6. The molecule has 0 fully saturated rings. The van der Waals surface area contributed by atoms with Gasteiger partial charge in [-0.15, -0.1) is 0 Å². The zero-order valence-electron chi connectivity index (χ0n) is 7.15. The number of aliphatic hydroxyl groups is 1. The summed E-state index contributed by atoms with van der Waals surface area (Å²) in [5.74, 6) is -0.330. The maximum Gasteiger partial charge on any atom is 0.273 e. The first-order valence-electron chi connectivity index (χ1n) is 3.77. The minimum Gasteiger partial charge on any atom is -0.394 e. The van der Waals surface area contributed by atoms with Gasteiger partial charge in [-0.3, -0.25) is 4.79 Å². The highest BCUT2D eigenvalue weighted by molar-refractivity contribution is 5.92. The largest absolute Gasteiger partial charge is 0.394 e. The number of hydrogen-bond donors (Lipinski definition) is 3. The average Bonchev–Trinajstić information content (AvgIpc) is 2.51. The number of aromatic nitrogens is 1. The SMILES string of the molecule is CC(CO)NC(=O)c1cc(N)on1. The lowest BCUT2D eigenvalue weighted by Gasteiger charge is -2.07. The van der Waals surface area contributed by atoms with Crippen LogP contribution in [-0.2, 0) is 0 Å². The topological polar surface area (TPSA) is 101 Å². The predicted molar refractivity (Wildman–Crippen MR) is 44.9 cm³/mol. The molecule has 1 aromatic heterocycles. The van der Waals surface area contributed by atoms with Crippen LogP contribution in [0.25, 0.3) is 0 Å². The van der Waals surface area contributed by atoms with Gasteiger partial charge in [0.15, 0.2) is 5.69 Å². The van der Waals surface area contributed by atoms with Crippen molar-refractivity contribution in [3.63, 3.8) is 0 Å². The van der Waals surface area contributed by atoms with E-state index in [4.69, 9.17) is 10.8 Å². The first-order valence-corrected chi connectivity index (χ1v) is 3.77. The van der Waals surface area contributed by atoms with E-state index in [1.165, 1.54) is 6.07 Å².